The molecular formula is C24H34O6. The van der Waals surface area contributed by atoms with Crippen molar-refractivity contribution in [3.05, 3.63) is 29.3 Å². The van der Waals surface area contributed by atoms with Gasteiger partial charge in [0.2, 0.25) is 6.29 Å². The summed E-state index contributed by atoms with van der Waals surface area (Å²) in [6.07, 6.45) is 0.883. The molecule has 3 aliphatic carbocycles. The number of benzene rings is 1. The van der Waals surface area contributed by atoms with E-state index in [1.54, 1.807) is 6.92 Å². The van der Waals surface area contributed by atoms with Gasteiger partial charge in [-0.15, -0.1) is 0 Å². The molecule has 3 fully saturated rings. The fourth-order valence-electron chi connectivity index (χ4n) is 6.85. The highest BCUT2D eigenvalue weighted by Crippen LogP contribution is 2.60. The second kappa shape index (κ2) is 7.45. The molecule has 166 valence electrons. The van der Waals surface area contributed by atoms with Crippen LogP contribution in [0.25, 0.3) is 0 Å². The fraction of sp³-hybridized carbons (Fsp3) is 0.750. The van der Waals surface area contributed by atoms with Gasteiger partial charge >= 0.3 is 0 Å². The summed E-state index contributed by atoms with van der Waals surface area (Å²) in [7, 11) is 0. The lowest BCUT2D eigenvalue weighted by Gasteiger charge is -2.50. The Labute approximate surface area is 177 Å². The molecule has 6 heteroatoms. The minimum atomic E-state index is -1.30. The van der Waals surface area contributed by atoms with Crippen LogP contribution in [0.1, 0.15) is 63.0 Å². The Morgan fingerprint density at radius 2 is 1.80 bits per heavy atom. The minimum absolute atomic E-state index is 0.0816. The van der Waals surface area contributed by atoms with E-state index in [2.05, 4.69) is 13.0 Å². The summed E-state index contributed by atoms with van der Waals surface area (Å²) in [4.78, 5) is 0. The zero-order valence-corrected chi connectivity index (χ0v) is 17.8. The third kappa shape index (κ3) is 3.11. The molecule has 1 heterocycles. The maximum Gasteiger partial charge on any atom is 0.229 e. The van der Waals surface area contributed by atoms with Gasteiger partial charge in [0, 0.05) is 0 Å². The minimum Gasteiger partial charge on any atom is -0.462 e. The third-order valence-electron chi connectivity index (χ3n) is 8.71. The average molecular weight is 419 g/mol. The van der Waals surface area contributed by atoms with E-state index in [0.717, 1.165) is 38.5 Å². The second-order valence-electron chi connectivity index (χ2n) is 10.2. The number of hydrogen-bond acceptors (Lipinski definition) is 6. The molecule has 0 aromatic heterocycles. The van der Waals surface area contributed by atoms with Gasteiger partial charge in [-0.1, -0.05) is 13.0 Å². The summed E-state index contributed by atoms with van der Waals surface area (Å²) in [5.74, 6) is 2.40. The van der Waals surface area contributed by atoms with Crippen LogP contribution in [0.5, 0.6) is 5.75 Å². The van der Waals surface area contributed by atoms with Gasteiger partial charge < -0.3 is 29.9 Å². The average Bonchev–Trinajstić information content (AvgIpc) is 3.04. The topological polar surface area (TPSA) is 99.4 Å². The summed E-state index contributed by atoms with van der Waals surface area (Å²) in [5, 5.41) is 40.7. The molecule has 0 radical (unpaired) electrons. The van der Waals surface area contributed by atoms with Gasteiger partial charge in [0.1, 0.15) is 24.1 Å². The number of ether oxygens (including phenoxy) is 2. The Morgan fingerprint density at radius 3 is 2.60 bits per heavy atom. The predicted molar refractivity (Wildman–Crippen MR) is 110 cm³/mol. The highest BCUT2D eigenvalue weighted by atomic mass is 16.7. The van der Waals surface area contributed by atoms with Crippen LogP contribution in [0, 0.1) is 17.3 Å². The smallest absolute Gasteiger partial charge is 0.229 e. The summed E-state index contributed by atoms with van der Waals surface area (Å²) >= 11 is 0. The van der Waals surface area contributed by atoms with E-state index in [4.69, 9.17) is 9.47 Å². The highest BCUT2D eigenvalue weighted by Gasteiger charge is 2.54. The van der Waals surface area contributed by atoms with E-state index in [1.807, 2.05) is 12.1 Å². The van der Waals surface area contributed by atoms with Gasteiger partial charge in [-0.3, -0.25) is 0 Å². The molecule has 2 saturated carbocycles. The Hall–Kier alpha value is -1.18. The molecule has 0 spiro atoms. The van der Waals surface area contributed by atoms with Gasteiger partial charge in [-0.05, 0) is 91.9 Å². The molecule has 0 bridgehead atoms. The lowest BCUT2D eigenvalue weighted by atomic mass is 9.55. The quantitative estimate of drug-likeness (QED) is 0.587. The number of hydrogen-bond donors (Lipinski definition) is 4. The summed E-state index contributed by atoms with van der Waals surface area (Å²) in [5.41, 5.74) is 2.77. The van der Waals surface area contributed by atoms with Crippen molar-refractivity contribution in [3.8, 4) is 5.75 Å². The van der Waals surface area contributed by atoms with E-state index in [9.17, 15) is 20.4 Å². The van der Waals surface area contributed by atoms with Crippen LogP contribution in [0.3, 0.4) is 0 Å². The second-order valence-corrected chi connectivity index (χ2v) is 10.2. The Balaban J connectivity index is 1.34. The first-order valence-corrected chi connectivity index (χ1v) is 11.5. The van der Waals surface area contributed by atoms with Crippen molar-refractivity contribution < 1.29 is 29.9 Å². The van der Waals surface area contributed by atoms with Crippen LogP contribution in [0.4, 0.5) is 0 Å². The van der Waals surface area contributed by atoms with Gasteiger partial charge in [0.05, 0.1) is 12.2 Å². The molecule has 1 aromatic rings. The Bertz CT molecular complexity index is 798. The van der Waals surface area contributed by atoms with Gasteiger partial charge in [-0.2, -0.15) is 0 Å². The van der Waals surface area contributed by atoms with Crippen LogP contribution >= 0.6 is 0 Å². The summed E-state index contributed by atoms with van der Waals surface area (Å²) in [6.45, 7) is 3.94. The number of rotatable bonds is 2. The van der Waals surface area contributed by atoms with Gasteiger partial charge in [-0.25, -0.2) is 0 Å². The van der Waals surface area contributed by atoms with Crippen molar-refractivity contribution in [2.24, 2.45) is 17.3 Å². The Kier molecular flexibility index (Phi) is 5.14. The van der Waals surface area contributed by atoms with Crippen molar-refractivity contribution in [1.29, 1.82) is 0 Å². The van der Waals surface area contributed by atoms with E-state index < -0.39 is 30.7 Å². The fourth-order valence-corrected chi connectivity index (χ4v) is 6.85. The Morgan fingerprint density at radius 1 is 1.00 bits per heavy atom. The molecule has 0 unspecified atom stereocenters. The monoisotopic (exact) mass is 418 g/mol. The van der Waals surface area contributed by atoms with E-state index >= 15 is 0 Å². The largest absolute Gasteiger partial charge is 0.462 e. The SMILES string of the molecule is C[C@H]1O[C@@H](Oc2ccc3c(c2)CC[C@@H]2[C@@H]3CC[C@]3(C)[C@@H](O)CC[C@@H]23)[C@H](O)[C@@H](O)[C@@H]1O. The van der Waals surface area contributed by atoms with Crippen LogP contribution in [0.15, 0.2) is 18.2 Å². The lowest BCUT2D eigenvalue weighted by molar-refractivity contribution is -0.268. The first-order chi connectivity index (χ1) is 14.3. The molecule has 10 atom stereocenters. The normalized spacial score (nSPS) is 47.9. The van der Waals surface area contributed by atoms with E-state index in [1.165, 1.54) is 11.1 Å². The van der Waals surface area contributed by atoms with Gasteiger partial charge in [0.15, 0.2) is 0 Å². The highest BCUT2D eigenvalue weighted by molar-refractivity contribution is 5.41. The van der Waals surface area contributed by atoms with Crippen molar-refractivity contribution in [2.75, 3.05) is 0 Å². The molecule has 1 aliphatic heterocycles. The number of aliphatic hydroxyl groups excluding tert-OH is 4. The number of fused-ring (bicyclic) bond motifs is 5. The third-order valence-corrected chi connectivity index (χ3v) is 8.71. The maximum absolute atomic E-state index is 10.6. The maximum atomic E-state index is 10.6. The zero-order valence-electron chi connectivity index (χ0n) is 17.8. The molecule has 0 amide bonds. The first kappa shape index (κ1) is 20.7. The summed E-state index contributed by atoms with van der Waals surface area (Å²) < 4.78 is 11.5. The van der Waals surface area contributed by atoms with Crippen molar-refractivity contribution >= 4 is 0 Å². The molecule has 1 saturated heterocycles. The van der Waals surface area contributed by atoms with Crippen LogP contribution in [-0.2, 0) is 11.2 Å². The number of aryl methyl sites for hydroxylation is 1. The number of aliphatic hydroxyl groups is 4. The molecule has 30 heavy (non-hydrogen) atoms. The van der Waals surface area contributed by atoms with E-state index in [0.29, 0.717) is 23.5 Å². The van der Waals surface area contributed by atoms with E-state index in [-0.39, 0.29) is 11.5 Å². The van der Waals surface area contributed by atoms with Gasteiger partial charge in [0.25, 0.3) is 0 Å². The molecule has 6 nitrogen and oxygen atoms in total. The standard InChI is InChI=1S/C24H34O6/c1-12-20(26)21(27)22(28)23(29-12)30-14-4-6-15-13(11-14)3-5-17-16(15)9-10-24(2)18(17)7-8-19(24)25/h4,6,11-12,16-23,25-28H,3,5,7-10H2,1-2H3/t12-,16-,17-,18+,19+,20-,21+,22-,23+,24+/m1/s1. The summed E-state index contributed by atoms with van der Waals surface area (Å²) in [6, 6.07) is 6.12. The van der Waals surface area contributed by atoms with Crippen LogP contribution in [-0.4, -0.2) is 57.2 Å². The van der Waals surface area contributed by atoms with Crippen LogP contribution < -0.4 is 4.74 Å². The molecule has 4 aliphatic rings. The predicted octanol–water partition coefficient (Wildman–Crippen LogP) is 2.11. The van der Waals surface area contributed by atoms with Crippen molar-refractivity contribution in [3.63, 3.8) is 0 Å². The van der Waals surface area contributed by atoms with Crippen molar-refractivity contribution in [2.45, 2.75) is 95.1 Å². The molecule has 5 rings (SSSR count). The molecular weight excluding hydrogens is 384 g/mol. The van der Waals surface area contributed by atoms with Crippen molar-refractivity contribution in [1.82, 2.24) is 0 Å². The van der Waals surface area contributed by atoms with Crippen LogP contribution in [0.2, 0.25) is 0 Å². The first-order valence-electron chi connectivity index (χ1n) is 11.5. The molecule has 4 N–H and O–H groups in total. The lowest BCUT2D eigenvalue weighted by Crippen LogP contribution is -2.58. The molecule has 1 aromatic carbocycles. The zero-order chi connectivity index (χ0) is 21.2.